The Kier molecular flexibility index (Phi) is 40.0. The molecule has 6 heteroatoms. The van der Waals surface area contributed by atoms with Gasteiger partial charge in [-0.1, -0.05) is 191 Å². The van der Waals surface area contributed by atoms with Crippen molar-refractivity contribution < 1.29 is 28.6 Å². The van der Waals surface area contributed by atoms with E-state index in [-0.39, 0.29) is 31.6 Å². The van der Waals surface area contributed by atoms with Crippen molar-refractivity contribution in [3.63, 3.8) is 0 Å². The van der Waals surface area contributed by atoms with Crippen molar-refractivity contribution in [2.75, 3.05) is 13.2 Å². The highest BCUT2D eigenvalue weighted by molar-refractivity contribution is 5.72. The maximum absolute atomic E-state index is 12.6. The molecule has 0 radical (unpaired) electrons. The van der Waals surface area contributed by atoms with E-state index in [4.69, 9.17) is 14.2 Å². The first-order chi connectivity index (χ1) is 26.0. The zero-order valence-electron chi connectivity index (χ0n) is 34.8. The monoisotopic (exact) mass is 743 g/mol. The smallest absolute Gasteiger partial charge is 0.310 e. The summed E-state index contributed by atoms with van der Waals surface area (Å²) in [4.78, 5) is 37.5. The largest absolute Gasteiger partial charge is 0.462 e. The molecule has 1 unspecified atom stereocenters. The van der Waals surface area contributed by atoms with E-state index < -0.39 is 12.1 Å². The Morgan fingerprint density at radius 3 is 1.30 bits per heavy atom. The molecule has 0 heterocycles. The third kappa shape index (κ3) is 40.4. The number of unbranched alkanes of at least 4 members (excludes halogenated alkanes) is 21. The summed E-state index contributed by atoms with van der Waals surface area (Å²) >= 11 is 0. The van der Waals surface area contributed by atoms with Gasteiger partial charge in [0.2, 0.25) is 0 Å². The van der Waals surface area contributed by atoms with Crippen LogP contribution in [0.15, 0.2) is 48.6 Å². The predicted octanol–water partition coefficient (Wildman–Crippen LogP) is 14.0. The van der Waals surface area contributed by atoms with Crippen LogP contribution in [0.3, 0.4) is 0 Å². The van der Waals surface area contributed by atoms with Gasteiger partial charge in [0.05, 0.1) is 6.42 Å². The first-order valence-electron chi connectivity index (χ1n) is 22.1. The van der Waals surface area contributed by atoms with Gasteiger partial charge in [0.15, 0.2) is 6.10 Å². The number of hydrogen-bond acceptors (Lipinski definition) is 6. The topological polar surface area (TPSA) is 78.9 Å². The van der Waals surface area contributed by atoms with Gasteiger partial charge in [0.1, 0.15) is 13.2 Å². The summed E-state index contributed by atoms with van der Waals surface area (Å²) in [5.41, 5.74) is 0. The maximum atomic E-state index is 12.6. The van der Waals surface area contributed by atoms with Gasteiger partial charge in [-0.15, -0.1) is 0 Å². The molecule has 0 N–H and O–H groups in total. The zero-order chi connectivity index (χ0) is 38.7. The van der Waals surface area contributed by atoms with E-state index in [1.165, 1.54) is 116 Å². The minimum absolute atomic E-state index is 0.103. The average molecular weight is 743 g/mol. The zero-order valence-corrected chi connectivity index (χ0v) is 34.8. The van der Waals surface area contributed by atoms with E-state index in [2.05, 4.69) is 57.2 Å². The number of carbonyl (C=O) groups is 3. The van der Waals surface area contributed by atoms with Crippen molar-refractivity contribution >= 4 is 17.9 Å². The van der Waals surface area contributed by atoms with E-state index in [1.54, 1.807) is 6.08 Å². The van der Waals surface area contributed by atoms with Crippen LogP contribution in [0.1, 0.15) is 213 Å². The Bertz CT molecular complexity index is 949. The number of carbonyl (C=O) groups excluding carboxylic acids is 3. The predicted molar refractivity (Wildman–Crippen MR) is 224 cm³/mol. The first kappa shape index (κ1) is 50.4. The van der Waals surface area contributed by atoms with Crippen LogP contribution in [0.4, 0.5) is 0 Å². The number of ether oxygens (including phenoxy) is 3. The molecule has 0 fully saturated rings. The fourth-order valence-electron chi connectivity index (χ4n) is 6.04. The minimum Gasteiger partial charge on any atom is -0.462 e. The van der Waals surface area contributed by atoms with Gasteiger partial charge in [0.25, 0.3) is 0 Å². The molecular weight excluding hydrogens is 661 g/mol. The summed E-state index contributed by atoms with van der Waals surface area (Å²) in [5.74, 6) is -1.08. The maximum Gasteiger partial charge on any atom is 0.310 e. The molecule has 0 aliphatic heterocycles. The summed E-state index contributed by atoms with van der Waals surface area (Å²) in [5, 5.41) is 0. The Balaban J connectivity index is 4.33. The molecule has 53 heavy (non-hydrogen) atoms. The van der Waals surface area contributed by atoms with Gasteiger partial charge in [-0.05, 0) is 51.4 Å². The van der Waals surface area contributed by atoms with Crippen LogP contribution in [0.25, 0.3) is 0 Å². The second-order valence-electron chi connectivity index (χ2n) is 14.6. The lowest BCUT2D eigenvalue weighted by atomic mass is 10.0. The third-order valence-corrected chi connectivity index (χ3v) is 9.35. The van der Waals surface area contributed by atoms with Gasteiger partial charge in [-0.2, -0.15) is 0 Å². The number of esters is 3. The van der Waals surface area contributed by atoms with Crippen LogP contribution < -0.4 is 0 Å². The Morgan fingerprint density at radius 2 is 0.811 bits per heavy atom. The van der Waals surface area contributed by atoms with Crippen LogP contribution in [0, 0.1) is 0 Å². The molecule has 0 aliphatic carbocycles. The van der Waals surface area contributed by atoms with Crippen LogP contribution in [0.2, 0.25) is 0 Å². The molecule has 6 nitrogen and oxygen atoms in total. The summed E-state index contributed by atoms with van der Waals surface area (Å²) in [6.07, 6.45) is 48.6. The van der Waals surface area contributed by atoms with E-state index in [0.717, 1.165) is 51.4 Å². The Labute approximate surface area is 327 Å². The van der Waals surface area contributed by atoms with Crippen molar-refractivity contribution in [1.29, 1.82) is 0 Å². The van der Waals surface area contributed by atoms with Crippen molar-refractivity contribution in [3.8, 4) is 0 Å². The van der Waals surface area contributed by atoms with Crippen LogP contribution in [-0.2, 0) is 28.6 Å². The Morgan fingerprint density at radius 1 is 0.415 bits per heavy atom. The van der Waals surface area contributed by atoms with Crippen molar-refractivity contribution in [1.82, 2.24) is 0 Å². The second kappa shape index (κ2) is 42.1. The van der Waals surface area contributed by atoms with Gasteiger partial charge in [0, 0.05) is 12.8 Å². The van der Waals surface area contributed by atoms with E-state index >= 15 is 0 Å². The SMILES string of the molecule is CC/C=C\C/C=C\C/C=C\CC(=O)OC(COC(=O)CCC/C=C\CCCCCC)COC(=O)CCCCCCCCCCCCCCCCCCC. The number of allylic oxidation sites excluding steroid dienone is 7. The number of rotatable bonds is 39. The lowest BCUT2D eigenvalue weighted by Crippen LogP contribution is -2.30. The summed E-state index contributed by atoms with van der Waals surface area (Å²) in [6.45, 7) is 6.36. The van der Waals surface area contributed by atoms with E-state index in [9.17, 15) is 14.4 Å². The molecule has 0 spiro atoms. The molecule has 306 valence electrons. The first-order valence-corrected chi connectivity index (χ1v) is 22.1. The Hall–Kier alpha value is -2.63. The molecular formula is C47H82O6. The van der Waals surface area contributed by atoms with Crippen LogP contribution in [0.5, 0.6) is 0 Å². The second-order valence-corrected chi connectivity index (χ2v) is 14.6. The summed E-state index contributed by atoms with van der Waals surface area (Å²) in [7, 11) is 0. The fraction of sp³-hybridized carbons (Fsp3) is 0.766. The highest BCUT2D eigenvalue weighted by atomic mass is 16.6. The molecule has 0 aromatic rings. The van der Waals surface area contributed by atoms with Crippen molar-refractivity contribution in [3.05, 3.63) is 48.6 Å². The quantitative estimate of drug-likeness (QED) is 0.0270. The highest BCUT2D eigenvalue weighted by Crippen LogP contribution is 2.15. The molecule has 0 aliphatic rings. The van der Waals surface area contributed by atoms with E-state index in [1.807, 2.05) is 6.08 Å². The van der Waals surface area contributed by atoms with Gasteiger partial charge in [-0.3, -0.25) is 14.4 Å². The van der Waals surface area contributed by atoms with E-state index in [0.29, 0.717) is 19.3 Å². The van der Waals surface area contributed by atoms with Crippen LogP contribution >= 0.6 is 0 Å². The normalized spacial score (nSPS) is 12.4. The number of hydrogen-bond donors (Lipinski definition) is 0. The lowest BCUT2D eigenvalue weighted by molar-refractivity contribution is -0.166. The molecule has 0 aromatic carbocycles. The molecule has 0 saturated carbocycles. The molecule has 1 atom stereocenters. The van der Waals surface area contributed by atoms with Crippen molar-refractivity contribution in [2.45, 2.75) is 219 Å². The molecule has 0 amide bonds. The molecule has 0 rings (SSSR count). The van der Waals surface area contributed by atoms with Gasteiger partial charge in [-0.25, -0.2) is 0 Å². The van der Waals surface area contributed by atoms with Crippen LogP contribution in [-0.4, -0.2) is 37.2 Å². The average Bonchev–Trinajstić information content (AvgIpc) is 3.15. The standard InChI is InChI=1S/C47H82O6/c1-4-7-10-13-16-19-20-21-22-23-24-25-26-29-31-34-37-40-46(49)52-43-44(53-47(50)41-38-35-32-28-18-15-12-9-6-3)42-51-45(48)39-36-33-30-27-17-14-11-8-5-2/h9,12,18,27-28,30,35,38,44H,4-8,10-11,13-17,19-26,29,31-34,36-37,39-43H2,1-3H3/b12-9-,28-18-,30-27-,38-35-. The summed E-state index contributed by atoms with van der Waals surface area (Å²) in [6, 6.07) is 0. The van der Waals surface area contributed by atoms with Gasteiger partial charge < -0.3 is 14.2 Å². The van der Waals surface area contributed by atoms with Crippen molar-refractivity contribution in [2.24, 2.45) is 0 Å². The van der Waals surface area contributed by atoms with Gasteiger partial charge >= 0.3 is 17.9 Å². The highest BCUT2D eigenvalue weighted by Gasteiger charge is 2.19. The lowest BCUT2D eigenvalue weighted by Gasteiger charge is -2.18. The molecule has 0 saturated heterocycles. The summed E-state index contributed by atoms with van der Waals surface area (Å²) < 4.78 is 16.5. The molecule has 0 bridgehead atoms. The minimum atomic E-state index is -0.826. The fourth-order valence-corrected chi connectivity index (χ4v) is 6.04. The molecule has 0 aromatic heterocycles. The third-order valence-electron chi connectivity index (χ3n) is 9.35.